The lowest BCUT2D eigenvalue weighted by atomic mass is 10.1. The van der Waals surface area contributed by atoms with E-state index in [1.807, 2.05) is 24.3 Å². The van der Waals surface area contributed by atoms with Crippen LogP contribution in [0, 0.1) is 0 Å². The Bertz CT molecular complexity index is 719. The number of hydrogen-bond acceptors (Lipinski definition) is 4. The van der Waals surface area contributed by atoms with E-state index >= 15 is 0 Å². The number of methoxy groups -OCH3 is 1. The molecular weight excluding hydrogens is 258 g/mol. The van der Waals surface area contributed by atoms with E-state index in [0.717, 1.165) is 10.9 Å². The first-order valence-electron chi connectivity index (χ1n) is 6.03. The molecule has 0 fully saturated rings. The third-order valence-corrected chi connectivity index (χ3v) is 2.85. The number of pyridine rings is 1. The summed E-state index contributed by atoms with van der Waals surface area (Å²) < 4.78 is 6.24. The first-order chi connectivity index (χ1) is 9.63. The molecule has 6 heteroatoms. The van der Waals surface area contributed by atoms with Gasteiger partial charge in [0.05, 0.1) is 11.7 Å². The van der Waals surface area contributed by atoms with Crippen molar-refractivity contribution in [2.45, 2.75) is 0 Å². The predicted octanol–water partition coefficient (Wildman–Crippen LogP) is 0.635. The number of hydrogen-bond donors (Lipinski definition) is 1. The van der Waals surface area contributed by atoms with Crippen LogP contribution in [0.1, 0.15) is 5.56 Å². The van der Waals surface area contributed by atoms with E-state index in [0.29, 0.717) is 5.56 Å². The average Bonchev–Trinajstić information content (AvgIpc) is 2.44. The van der Waals surface area contributed by atoms with Crippen LogP contribution >= 0.6 is 0 Å². The number of amides is 1. The van der Waals surface area contributed by atoms with Crippen LogP contribution < -0.4 is 11.0 Å². The first-order valence-corrected chi connectivity index (χ1v) is 6.03. The van der Waals surface area contributed by atoms with Crippen LogP contribution in [0.25, 0.3) is 10.9 Å². The summed E-state index contributed by atoms with van der Waals surface area (Å²) in [5.41, 5.74) is 3.66. The fourth-order valence-corrected chi connectivity index (χ4v) is 1.88. The van der Waals surface area contributed by atoms with Crippen molar-refractivity contribution in [3.63, 3.8) is 0 Å². The van der Waals surface area contributed by atoms with E-state index < -0.39 is 0 Å². The zero-order chi connectivity index (χ0) is 14.5. The molecule has 6 nitrogen and oxygen atoms in total. The zero-order valence-electron chi connectivity index (χ0n) is 11.3. The van der Waals surface area contributed by atoms with E-state index in [1.165, 1.54) is 19.4 Å². The van der Waals surface area contributed by atoms with Gasteiger partial charge in [-0.25, -0.2) is 5.43 Å². The maximum atomic E-state index is 11.8. The number of rotatable bonds is 4. The number of aryl methyl sites for hydroxylation is 1. The Morgan fingerprint density at radius 2 is 2.20 bits per heavy atom. The second-order valence-electron chi connectivity index (χ2n) is 4.24. The summed E-state index contributed by atoms with van der Waals surface area (Å²) in [5, 5.41) is 4.72. The lowest BCUT2D eigenvalue weighted by Gasteiger charge is -2.06. The van der Waals surface area contributed by atoms with Crippen LogP contribution in [0.5, 0.6) is 0 Å². The number of carbonyl (C=O) groups excluding carboxylic acids is 1. The highest BCUT2D eigenvalue weighted by Crippen LogP contribution is 2.14. The molecule has 1 amide bonds. The first kappa shape index (κ1) is 14.0. The molecule has 0 radical (unpaired) electrons. The lowest BCUT2D eigenvalue weighted by Crippen LogP contribution is -2.22. The maximum Gasteiger partial charge on any atom is 0.266 e. The summed E-state index contributed by atoms with van der Waals surface area (Å²) in [6.45, 7) is -0.0609. The second-order valence-corrected chi connectivity index (χ2v) is 4.24. The van der Waals surface area contributed by atoms with Crippen LogP contribution in [-0.4, -0.2) is 30.4 Å². The van der Waals surface area contributed by atoms with Crippen molar-refractivity contribution in [1.82, 2.24) is 9.99 Å². The Labute approximate surface area is 115 Å². The standard InChI is InChI=1S/C14H15N3O3/c1-17-12-6-4-3-5-11(12)10(7-14(17)19)8-15-16-13(18)9-20-2/h3-8H,9H2,1-2H3,(H,16,18)/b15-8+. The van der Waals surface area contributed by atoms with Gasteiger partial charge in [-0.05, 0) is 6.07 Å². The molecule has 0 bridgehead atoms. The largest absolute Gasteiger partial charge is 0.375 e. The van der Waals surface area contributed by atoms with Crippen molar-refractivity contribution in [2.75, 3.05) is 13.7 Å². The van der Waals surface area contributed by atoms with Crippen molar-refractivity contribution in [2.24, 2.45) is 12.1 Å². The van der Waals surface area contributed by atoms with E-state index in [1.54, 1.807) is 11.6 Å². The predicted molar refractivity (Wildman–Crippen MR) is 76.8 cm³/mol. The topological polar surface area (TPSA) is 72.7 Å². The van der Waals surface area contributed by atoms with Crippen molar-refractivity contribution in [3.05, 3.63) is 46.2 Å². The minimum absolute atomic E-state index is 0.0609. The van der Waals surface area contributed by atoms with Crippen molar-refractivity contribution < 1.29 is 9.53 Å². The van der Waals surface area contributed by atoms with Gasteiger partial charge in [0.2, 0.25) is 0 Å². The number of nitrogens with zero attached hydrogens (tertiary/aromatic N) is 2. The Morgan fingerprint density at radius 3 is 2.95 bits per heavy atom. The number of nitrogens with one attached hydrogen (secondary N) is 1. The van der Waals surface area contributed by atoms with Crippen LogP contribution in [0.3, 0.4) is 0 Å². The summed E-state index contributed by atoms with van der Waals surface area (Å²) in [6.07, 6.45) is 1.46. The summed E-state index contributed by atoms with van der Waals surface area (Å²) in [5.74, 6) is -0.350. The third-order valence-electron chi connectivity index (χ3n) is 2.85. The summed E-state index contributed by atoms with van der Waals surface area (Å²) >= 11 is 0. The molecule has 0 atom stereocenters. The number of hydrazone groups is 1. The van der Waals surface area contributed by atoms with Crippen LogP contribution in [-0.2, 0) is 16.6 Å². The molecule has 1 heterocycles. The molecular formula is C14H15N3O3. The lowest BCUT2D eigenvalue weighted by molar-refractivity contribution is -0.124. The van der Waals surface area contributed by atoms with Crippen LogP contribution in [0.2, 0.25) is 0 Å². The molecule has 0 saturated carbocycles. The minimum Gasteiger partial charge on any atom is -0.375 e. The fraction of sp³-hybridized carbons (Fsp3) is 0.214. The summed E-state index contributed by atoms with van der Waals surface area (Å²) in [4.78, 5) is 23.0. The molecule has 1 N–H and O–H groups in total. The highest BCUT2D eigenvalue weighted by Gasteiger charge is 2.04. The van der Waals surface area contributed by atoms with Gasteiger partial charge in [-0.2, -0.15) is 5.10 Å². The Hall–Kier alpha value is -2.47. The number of benzene rings is 1. The van der Waals surface area contributed by atoms with E-state index in [-0.39, 0.29) is 18.1 Å². The monoisotopic (exact) mass is 273 g/mol. The van der Waals surface area contributed by atoms with Gasteiger partial charge in [0.1, 0.15) is 6.61 Å². The summed E-state index contributed by atoms with van der Waals surface area (Å²) in [7, 11) is 3.14. The number of aromatic nitrogens is 1. The number of para-hydroxylation sites is 1. The molecule has 0 spiro atoms. The smallest absolute Gasteiger partial charge is 0.266 e. The molecule has 0 aliphatic rings. The highest BCUT2D eigenvalue weighted by molar-refractivity contribution is 5.98. The summed E-state index contributed by atoms with van der Waals surface area (Å²) in [6, 6.07) is 8.98. The number of fused-ring (bicyclic) bond motifs is 1. The Morgan fingerprint density at radius 1 is 1.45 bits per heavy atom. The molecule has 2 rings (SSSR count). The average molecular weight is 273 g/mol. The van der Waals surface area contributed by atoms with Crippen molar-refractivity contribution in [1.29, 1.82) is 0 Å². The van der Waals surface area contributed by atoms with Crippen LogP contribution in [0.4, 0.5) is 0 Å². The molecule has 20 heavy (non-hydrogen) atoms. The van der Waals surface area contributed by atoms with Crippen molar-refractivity contribution in [3.8, 4) is 0 Å². The third kappa shape index (κ3) is 2.92. The van der Waals surface area contributed by atoms with Gasteiger partial charge in [0, 0.05) is 31.2 Å². The van der Waals surface area contributed by atoms with Gasteiger partial charge in [-0.1, -0.05) is 18.2 Å². The van der Waals surface area contributed by atoms with Gasteiger partial charge in [-0.15, -0.1) is 0 Å². The van der Waals surface area contributed by atoms with Crippen LogP contribution in [0.15, 0.2) is 40.2 Å². The van der Waals surface area contributed by atoms with E-state index in [2.05, 4.69) is 15.3 Å². The minimum atomic E-state index is -0.350. The molecule has 1 aromatic carbocycles. The number of carbonyl (C=O) groups is 1. The Kier molecular flexibility index (Phi) is 4.27. The molecule has 0 aliphatic carbocycles. The molecule has 0 saturated heterocycles. The SMILES string of the molecule is COCC(=O)N/N=C/c1cc(=O)n(C)c2ccccc12. The van der Waals surface area contributed by atoms with E-state index in [9.17, 15) is 9.59 Å². The van der Waals surface area contributed by atoms with Gasteiger partial charge in [0.15, 0.2) is 0 Å². The molecule has 0 unspecified atom stereocenters. The van der Waals surface area contributed by atoms with Gasteiger partial charge in [0.25, 0.3) is 11.5 Å². The van der Waals surface area contributed by atoms with Gasteiger partial charge < -0.3 is 9.30 Å². The molecule has 104 valence electrons. The molecule has 2 aromatic rings. The normalized spacial score (nSPS) is 11.1. The molecule has 0 aliphatic heterocycles. The highest BCUT2D eigenvalue weighted by atomic mass is 16.5. The zero-order valence-corrected chi connectivity index (χ0v) is 11.3. The van der Waals surface area contributed by atoms with Gasteiger partial charge >= 0.3 is 0 Å². The van der Waals surface area contributed by atoms with Crippen molar-refractivity contribution >= 4 is 23.0 Å². The fourth-order valence-electron chi connectivity index (χ4n) is 1.88. The quantitative estimate of drug-likeness (QED) is 0.656. The molecule has 1 aromatic heterocycles. The van der Waals surface area contributed by atoms with E-state index in [4.69, 9.17) is 0 Å². The Balaban J connectivity index is 2.35. The number of ether oxygens (including phenoxy) is 1. The van der Waals surface area contributed by atoms with Gasteiger partial charge in [-0.3, -0.25) is 9.59 Å². The second kappa shape index (κ2) is 6.12. The maximum absolute atomic E-state index is 11.8.